The van der Waals surface area contributed by atoms with Crippen molar-refractivity contribution in [1.82, 2.24) is 4.72 Å². The Morgan fingerprint density at radius 1 is 0.926 bits per heavy atom. The molecule has 2 aromatic carbocycles. The number of esters is 1. The number of benzene rings is 2. The number of sulfonamides is 1. The smallest absolute Gasteiger partial charge is 0.324 e. The first-order valence-electron chi connectivity index (χ1n) is 7.88. The summed E-state index contributed by atoms with van der Waals surface area (Å²) < 4.78 is 57.3. The van der Waals surface area contributed by atoms with Gasteiger partial charge in [-0.2, -0.15) is 4.72 Å². The van der Waals surface area contributed by atoms with Crippen LogP contribution in [0.15, 0.2) is 53.4 Å². The Labute approximate surface area is 155 Å². The average molecular weight is 397 g/mol. The van der Waals surface area contributed by atoms with Crippen LogP contribution in [0.5, 0.6) is 0 Å². The van der Waals surface area contributed by atoms with Crippen molar-refractivity contribution in [3.63, 3.8) is 0 Å². The average Bonchev–Trinajstić information content (AvgIpc) is 2.61. The molecule has 1 N–H and O–H groups in total. The molecular formula is C18H17F2NO5S. The Bertz CT molecular complexity index is 927. The number of carbonyl (C=O) groups excluding carboxylic acids is 2. The summed E-state index contributed by atoms with van der Waals surface area (Å²) in [7, 11) is -4.08. The predicted molar refractivity (Wildman–Crippen MR) is 92.5 cm³/mol. The van der Waals surface area contributed by atoms with Gasteiger partial charge in [0.1, 0.15) is 17.7 Å². The molecule has 2 atom stereocenters. The van der Waals surface area contributed by atoms with Crippen molar-refractivity contribution in [1.29, 1.82) is 0 Å². The monoisotopic (exact) mass is 397 g/mol. The van der Waals surface area contributed by atoms with Crippen LogP contribution >= 0.6 is 0 Å². The highest BCUT2D eigenvalue weighted by atomic mass is 32.2. The first kappa shape index (κ1) is 20.7. The molecule has 9 heteroatoms. The maximum absolute atomic E-state index is 12.9. The Morgan fingerprint density at radius 2 is 1.41 bits per heavy atom. The van der Waals surface area contributed by atoms with Gasteiger partial charge in [-0.05, 0) is 62.4 Å². The molecule has 0 spiro atoms. The van der Waals surface area contributed by atoms with E-state index in [0.717, 1.165) is 36.4 Å². The van der Waals surface area contributed by atoms with E-state index in [4.69, 9.17) is 4.74 Å². The Morgan fingerprint density at radius 3 is 1.93 bits per heavy atom. The Balaban J connectivity index is 2.01. The van der Waals surface area contributed by atoms with Crippen LogP contribution < -0.4 is 4.72 Å². The lowest BCUT2D eigenvalue weighted by Gasteiger charge is -2.17. The van der Waals surface area contributed by atoms with Crippen LogP contribution in [0, 0.1) is 11.6 Å². The van der Waals surface area contributed by atoms with Crippen molar-refractivity contribution < 1.29 is 31.5 Å². The van der Waals surface area contributed by atoms with Gasteiger partial charge in [-0.3, -0.25) is 9.59 Å². The molecule has 0 fully saturated rings. The number of ketones is 1. The fourth-order valence-electron chi connectivity index (χ4n) is 2.14. The van der Waals surface area contributed by atoms with E-state index >= 15 is 0 Å². The summed E-state index contributed by atoms with van der Waals surface area (Å²) in [5.74, 6) is -2.64. The number of hydrogen-bond donors (Lipinski definition) is 1. The van der Waals surface area contributed by atoms with Gasteiger partial charge in [0, 0.05) is 5.56 Å². The van der Waals surface area contributed by atoms with Crippen LogP contribution in [0.2, 0.25) is 0 Å². The number of halogens is 2. The van der Waals surface area contributed by atoms with E-state index in [1.807, 2.05) is 0 Å². The highest BCUT2D eigenvalue weighted by Gasteiger charge is 2.26. The van der Waals surface area contributed by atoms with E-state index in [1.54, 1.807) is 0 Å². The molecule has 0 aromatic heterocycles. The molecule has 0 aliphatic heterocycles. The van der Waals surface area contributed by atoms with Crippen molar-refractivity contribution in [2.45, 2.75) is 30.9 Å². The molecule has 0 saturated carbocycles. The summed E-state index contributed by atoms with van der Waals surface area (Å²) >= 11 is 0. The second-order valence-corrected chi connectivity index (χ2v) is 7.46. The molecule has 0 unspecified atom stereocenters. The van der Waals surface area contributed by atoms with Crippen LogP contribution in [-0.2, 0) is 19.6 Å². The second-order valence-electron chi connectivity index (χ2n) is 5.75. The summed E-state index contributed by atoms with van der Waals surface area (Å²) in [6.07, 6.45) is -1.19. The highest BCUT2D eigenvalue weighted by Crippen LogP contribution is 2.12. The van der Waals surface area contributed by atoms with E-state index < -0.39 is 45.6 Å². The van der Waals surface area contributed by atoms with Crippen LogP contribution in [-0.4, -0.2) is 32.3 Å². The number of carbonyl (C=O) groups is 2. The topological polar surface area (TPSA) is 89.5 Å². The van der Waals surface area contributed by atoms with Crippen LogP contribution in [0.3, 0.4) is 0 Å². The summed E-state index contributed by atoms with van der Waals surface area (Å²) in [6, 6.07) is 7.46. The lowest BCUT2D eigenvalue weighted by molar-refractivity contribution is -0.147. The molecule has 2 rings (SSSR count). The van der Waals surface area contributed by atoms with Gasteiger partial charge >= 0.3 is 5.97 Å². The van der Waals surface area contributed by atoms with Crippen molar-refractivity contribution in [3.8, 4) is 0 Å². The van der Waals surface area contributed by atoms with E-state index in [2.05, 4.69) is 4.72 Å². The number of hydrogen-bond acceptors (Lipinski definition) is 5. The molecule has 0 aliphatic rings. The lowest BCUT2D eigenvalue weighted by Crippen LogP contribution is -2.41. The summed E-state index contributed by atoms with van der Waals surface area (Å²) in [6.45, 7) is 2.57. The van der Waals surface area contributed by atoms with Gasteiger partial charge < -0.3 is 4.74 Å². The van der Waals surface area contributed by atoms with Crippen LogP contribution in [0.4, 0.5) is 8.78 Å². The quantitative estimate of drug-likeness (QED) is 0.573. The minimum absolute atomic E-state index is 0.149. The van der Waals surface area contributed by atoms with Crippen molar-refractivity contribution in [2.75, 3.05) is 0 Å². The molecule has 144 valence electrons. The molecule has 0 aliphatic carbocycles. The molecular weight excluding hydrogens is 380 g/mol. The molecule has 0 saturated heterocycles. The second kappa shape index (κ2) is 8.36. The summed E-state index contributed by atoms with van der Waals surface area (Å²) in [4.78, 5) is 24.0. The molecule has 27 heavy (non-hydrogen) atoms. The van der Waals surface area contributed by atoms with Gasteiger partial charge in [0.25, 0.3) is 0 Å². The van der Waals surface area contributed by atoms with Gasteiger partial charge in [-0.25, -0.2) is 17.2 Å². The molecule has 0 bridgehead atoms. The maximum atomic E-state index is 12.9. The molecule has 0 heterocycles. The summed E-state index contributed by atoms with van der Waals surface area (Å²) in [5.41, 5.74) is 0.149. The van der Waals surface area contributed by atoms with E-state index in [0.29, 0.717) is 0 Å². The molecule has 0 amide bonds. The van der Waals surface area contributed by atoms with E-state index in [-0.39, 0.29) is 10.5 Å². The fraction of sp³-hybridized carbons (Fsp3) is 0.222. The third-order valence-corrected chi connectivity index (χ3v) is 5.16. The van der Waals surface area contributed by atoms with Gasteiger partial charge in [-0.15, -0.1) is 0 Å². The Hall–Kier alpha value is -2.65. The van der Waals surface area contributed by atoms with Crippen molar-refractivity contribution in [3.05, 3.63) is 65.7 Å². The van der Waals surface area contributed by atoms with Crippen LogP contribution in [0.1, 0.15) is 24.2 Å². The van der Waals surface area contributed by atoms with Gasteiger partial charge in [0.15, 0.2) is 6.10 Å². The SMILES string of the molecule is C[C@H](NS(=O)(=O)c1ccc(F)cc1)C(=O)O[C@H](C)C(=O)c1ccc(F)cc1. The zero-order valence-corrected chi connectivity index (χ0v) is 15.3. The van der Waals surface area contributed by atoms with Crippen LogP contribution in [0.25, 0.3) is 0 Å². The van der Waals surface area contributed by atoms with Gasteiger partial charge in [0.2, 0.25) is 15.8 Å². The van der Waals surface area contributed by atoms with Crippen molar-refractivity contribution in [2.24, 2.45) is 0 Å². The molecule has 2 aromatic rings. The van der Waals surface area contributed by atoms with E-state index in [9.17, 15) is 26.8 Å². The normalized spacial score (nSPS) is 13.6. The molecule has 0 radical (unpaired) electrons. The fourth-order valence-corrected chi connectivity index (χ4v) is 3.33. The van der Waals surface area contributed by atoms with Crippen molar-refractivity contribution >= 4 is 21.8 Å². The largest absolute Gasteiger partial charge is 0.453 e. The van der Waals surface area contributed by atoms with Gasteiger partial charge in [0.05, 0.1) is 4.90 Å². The number of nitrogens with one attached hydrogen (secondary N) is 1. The number of Topliss-reactive ketones (excluding diaryl/α,β-unsaturated/α-hetero) is 1. The maximum Gasteiger partial charge on any atom is 0.324 e. The Kier molecular flexibility index (Phi) is 6.40. The minimum atomic E-state index is -4.08. The zero-order chi connectivity index (χ0) is 20.2. The third-order valence-electron chi connectivity index (χ3n) is 3.60. The standard InChI is InChI=1S/C18H17F2NO5S/c1-11(21-27(24,25)16-9-7-15(20)8-10-16)18(23)26-12(2)17(22)13-3-5-14(19)6-4-13/h3-12,21H,1-2H3/t11-,12+/m0/s1. The first-order chi connectivity index (χ1) is 12.6. The van der Waals surface area contributed by atoms with Gasteiger partial charge in [-0.1, -0.05) is 0 Å². The highest BCUT2D eigenvalue weighted by molar-refractivity contribution is 7.89. The third kappa shape index (κ3) is 5.41. The number of ether oxygens (including phenoxy) is 1. The summed E-state index contributed by atoms with van der Waals surface area (Å²) in [5, 5.41) is 0. The van der Waals surface area contributed by atoms with E-state index in [1.165, 1.54) is 26.0 Å². The predicted octanol–water partition coefficient (Wildman–Crippen LogP) is 2.45. The zero-order valence-electron chi connectivity index (χ0n) is 14.5. The molecule has 6 nitrogen and oxygen atoms in total. The number of rotatable bonds is 7. The minimum Gasteiger partial charge on any atom is -0.453 e. The first-order valence-corrected chi connectivity index (χ1v) is 9.36. The lowest BCUT2D eigenvalue weighted by atomic mass is 10.1.